The van der Waals surface area contributed by atoms with E-state index in [-0.39, 0.29) is 18.5 Å². The van der Waals surface area contributed by atoms with Crippen molar-refractivity contribution in [1.82, 2.24) is 25.0 Å². The number of aromatic nitrogens is 3. The summed E-state index contributed by atoms with van der Waals surface area (Å²) in [5.41, 5.74) is 1.48. The Bertz CT molecular complexity index is 839. The fraction of sp³-hybridized carbons (Fsp3) is 0.500. The molecular weight excluding hydrogens is 389 g/mol. The molecule has 29 heavy (non-hydrogen) atoms. The van der Waals surface area contributed by atoms with Gasteiger partial charge in [-0.3, -0.25) is 9.67 Å². The Kier molecular flexibility index (Phi) is 6.57. The lowest BCUT2D eigenvalue weighted by Crippen LogP contribution is -2.47. The van der Waals surface area contributed by atoms with E-state index in [1.54, 1.807) is 30.1 Å². The van der Waals surface area contributed by atoms with Crippen LogP contribution in [-0.2, 0) is 18.3 Å². The summed E-state index contributed by atoms with van der Waals surface area (Å²) in [4.78, 5) is 10.2. The lowest BCUT2D eigenvalue weighted by molar-refractivity contribution is -0.154. The number of alkyl halides is 3. The average molecular weight is 412 g/mol. The van der Waals surface area contributed by atoms with Crippen molar-refractivity contribution in [3.63, 3.8) is 0 Å². The second-order valence-electron chi connectivity index (χ2n) is 6.53. The number of guanidine groups is 1. The van der Waals surface area contributed by atoms with Gasteiger partial charge in [0.05, 0.1) is 19.3 Å². The van der Waals surface area contributed by atoms with E-state index in [1.807, 2.05) is 18.1 Å². The van der Waals surface area contributed by atoms with Crippen LogP contribution in [0.3, 0.4) is 0 Å². The van der Waals surface area contributed by atoms with Gasteiger partial charge in [-0.2, -0.15) is 18.3 Å². The summed E-state index contributed by atoms with van der Waals surface area (Å²) >= 11 is 0. The maximum atomic E-state index is 12.5. The van der Waals surface area contributed by atoms with E-state index in [0.29, 0.717) is 31.2 Å². The topological polar surface area (TPSA) is 76.8 Å². The maximum absolute atomic E-state index is 12.5. The summed E-state index contributed by atoms with van der Waals surface area (Å²) in [5, 5.41) is 7.34. The Morgan fingerprint density at radius 3 is 2.97 bits per heavy atom. The molecule has 0 aliphatic carbocycles. The van der Waals surface area contributed by atoms with E-state index in [9.17, 15) is 13.2 Å². The molecule has 3 heterocycles. The van der Waals surface area contributed by atoms with Crippen LogP contribution in [0, 0.1) is 0 Å². The molecule has 1 N–H and O–H groups in total. The number of aryl methyl sites for hydroxylation is 1. The number of morpholine rings is 1. The van der Waals surface area contributed by atoms with Gasteiger partial charge in [-0.05, 0) is 6.07 Å². The van der Waals surface area contributed by atoms with Gasteiger partial charge in [-0.25, -0.2) is 4.98 Å². The second kappa shape index (κ2) is 9.12. The molecule has 1 saturated heterocycles. The number of nitrogens with one attached hydrogen (secondary N) is 1. The molecule has 0 spiro atoms. The van der Waals surface area contributed by atoms with Gasteiger partial charge < -0.3 is 19.7 Å². The molecule has 0 aromatic carbocycles. The normalized spacial score (nSPS) is 18.0. The van der Waals surface area contributed by atoms with Gasteiger partial charge in [0, 0.05) is 50.7 Å². The minimum Gasteiger partial charge on any atom is -0.468 e. The second-order valence-corrected chi connectivity index (χ2v) is 6.53. The van der Waals surface area contributed by atoms with Crippen LogP contribution in [0.2, 0.25) is 0 Å². The molecule has 2 aromatic heterocycles. The number of rotatable bonds is 5. The zero-order valence-electron chi connectivity index (χ0n) is 16.2. The highest BCUT2D eigenvalue weighted by molar-refractivity contribution is 5.80. The van der Waals surface area contributed by atoms with E-state index in [0.717, 1.165) is 5.56 Å². The van der Waals surface area contributed by atoms with Gasteiger partial charge in [0.2, 0.25) is 5.88 Å². The van der Waals surface area contributed by atoms with Crippen LogP contribution >= 0.6 is 0 Å². The number of hydrogen-bond acceptors (Lipinski definition) is 5. The molecule has 1 unspecified atom stereocenters. The van der Waals surface area contributed by atoms with E-state index >= 15 is 0 Å². The number of nitrogens with zero attached hydrogens (tertiary/aromatic N) is 5. The van der Waals surface area contributed by atoms with Crippen LogP contribution in [0.4, 0.5) is 13.2 Å². The van der Waals surface area contributed by atoms with Crippen molar-refractivity contribution >= 4 is 5.96 Å². The third-order valence-corrected chi connectivity index (χ3v) is 4.33. The van der Waals surface area contributed by atoms with Crippen molar-refractivity contribution in [2.45, 2.75) is 18.8 Å². The number of aliphatic imine (C=N–C) groups is 1. The molecule has 0 bridgehead atoms. The van der Waals surface area contributed by atoms with E-state index in [2.05, 4.69) is 20.4 Å². The van der Waals surface area contributed by atoms with Crippen LogP contribution in [-0.4, -0.2) is 65.2 Å². The van der Waals surface area contributed by atoms with E-state index in [4.69, 9.17) is 9.47 Å². The third-order valence-electron chi connectivity index (χ3n) is 4.33. The van der Waals surface area contributed by atoms with Crippen LogP contribution in [0.1, 0.15) is 17.2 Å². The first-order valence-corrected chi connectivity index (χ1v) is 9.05. The molecule has 0 radical (unpaired) electrons. The molecule has 0 amide bonds. The molecule has 11 heteroatoms. The smallest absolute Gasteiger partial charge is 0.422 e. The molecule has 1 aliphatic heterocycles. The molecular formula is C18H23F3N6O2. The van der Waals surface area contributed by atoms with Crippen LogP contribution in [0.5, 0.6) is 5.88 Å². The zero-order chi connectivity index (χ0) is 20.9. The predicted molar refractivity (Wildman–Crippen MR) is 99.5 cm³/mol. The van der Waals surface area contributed by atoms with Gasteiger partial charge in [0.25, 0.3) is 0 Å². The van der Waals surface area contributed by atoms with Gasteiger partial charge in [-0.15, -0.1) is 0 Å². The minimum absolute atomic E-state index is 0.0528. The van der Waals surface area contributed by atoms with Crippen molar-refractivity contribution in [1.29, 1.82) is 0 Å². The summed E-state index contributed by atoms with van der Waals surface area (Å²) in [6.07, 6.45) is 0.506. The predicted octanol–water partition coefficient (Wildman–Crippen LogP) is 1.91. The Balaban J connectivity index is 1.62. The lowest BCUT2D eigenvalue weighted by Gasteiger charge is -2.34. The summed E-state index contributed by atoms with van der Waals surface area (Å²) < 4.78 is 49.7. The molecule has 8 nitrogen and oxygen atoms in total. The number of halogens is 3. The minimum atomic E-state index is -4.42. The Morgan fingerprint density at radius 2 is 2.28 bits per heavy atom. The van der Waals surface area contributed by atoms with Gasteiger partial charge >= 0.3 is 6.18 Å². The molecule has 158 valence electrons. The first-order valence-electron chi connectivity index (χ1n) is 9.05. The molecule has 1 atom stereocenters. The fourth-order valence-electron chi connectivity index (χ4n) is 3.00. The van der Waals surface area contributed by atoms with Crippen LogP contribution in [0.15, 0.2) is 35.7 Å². The summed E-state index contributed by atoms with van der Waals surface area (Å²) in [7, 11) is 3.50. The molecule has 3 rings (SSSR count). The van der Waals surface area contributed by atoms with Crippen molar-refractivity contribution in [3.05, 3.63) is 41.9 Å². The quantitative estimate of drug-likeness (QED) is 0.597. The molecule has 0 saturated carbocycles. The van der Waals surface area contributed by atoms with Crippen molar-refractivity contribution in [3.8, 4) is 5.88 Å². The van der Waals surface area contributed by atoms with Crippen molar-refractivity contribution < 1.29 is 22.6 Å². The number of pyridine rings is 1. The van der Waals surface area contributed by atoms with Crippen molar-refractivity contribution in [2.75, 3.05) is 33.4 Å². The molecule has 1 fully saturated rings. The summed E-state index contributed by atoms with van der Waals surface area (Å²) in [6, 6.07) is 3.31. The fourth-order valence-corrected chi connectivity index (χ4v) is 3.00. The van der Waals surface area contributed by atoms with Gasteiger partial charge in [0.15, 0.2) is 12.6 Å². The summed E-state index contributed by atoms with van der Waals surface area (Å²) in [6.45, 7) is 0.578. The largest absolute Gasteiger partial charge is 0.468 e. The lowest BCUT2D eigenvalue weighted by atomic mass is 10.1. The maximum Gasteiger partial charge on any atom is 0.422 e. The Morgan fingerprint density at radius 1 is 1.45 bits per heavy atom. The van der Waals surface area contributed by atoms with Gasteiger partial charge in [0.1, 0.15) is 6.10 Å². The summed E-state index contributed by atoms with van der Waals surface area (Å²) in [5.74, 6) is 0.566. The van der Waals surface area contributed by atoms with E-state index in [1.165, 1.54) is 6.20 Å². The molecule has 1 aliphatic rings. The van der Waals surface area contributed by atoms with Gasteiger partial charge in [-0.1, -0.05) is 6.07 Å². The highest BCUT2D eigenvalue weighted by atomic mass is 19.4. The zero-order valence-corrected chi connectivity index (χ0v) is 16.2. The number of ether oxygens (including phenoxy) is 2. The first-order chi connectivity index (χ1) is 13.9. The third kappa shape index (κ3) is 5.83. The number of hydrogen-bond donors (Lipinski definition) is 1. The van der Waals surface area contributed by atoms with Crippen molar-refractivity contribution in [2.24, 2.45) is 12.0 Å². The van der Waals surface area contributed by atoms with Crippen LogP contribution < -0.4 is 10.1 Å². The highest BCUT2D eigenvalue weighted by Gasteiger charge is 2.29. The first kappa shape index (κ1) is 20.9. The highest BCUT2D eigenvalue weighted by Crippen LogP contribution is 2.22. The standard InChI is InChI=1S/C18H23F3N6O2/c1-22-17(27-6-7-28-15(11-27)14-9-25-26(2)10-14)24-8-13-4-3-5-23-16(13)29-12-18(19,20)21/h3-5,9-10,15H,6-8,11-12H2,1-2H3,(H,22,24). The monoisotopic (exact) mass is 412 g/mol. The Labute approximate surface area is 166 Å². The Hall–Kier alpha value is -2.82. The SMILES string of the molecule is CN=C(NCc1cccnc1OCC(F)(F)F)N1CCOC(c2cnn(C)c2)C1. The average Bonchev–Trinajstić information content (AvgIpc) is 3.14. The van der Waals surface area contributed by atoms with E-state index < -0.39 is 12.8 Å². The van der Waals surface area contributed by atoms with Crippen LogP contribution in [0.25, 0.3) is 0 Å². The molecule has 2 aromatic rings.